The molecule has 0 aliphatic rings. The number of fused-ring (bicyclic) bond motifs is 1. The zero-order valence-electron chi connectivity index (χ0n) is 9.49. The smallest absolute Gasteiger partial charge is 0.257 e. The van der Waals surface area contributed by atoms with Gasteiger partial charge in [0.15, 0.2) is 5.82 Å². The summed E-state index contributed by atoms with van der Waals surface area (Å²) in [5, 5.41) is 0. The molecule has 0 bridgehead atoms. The molecule has 0 unspecified atom stereocenters. The third-order valence-electron chi connectivity index (χ3n) is 1.81. The summed E-state index contributed by atoms with van der Waals surface area (Å²) in [4.78, 5) is 8.02. The lowest BCUT2D eigenvalue weighted by atomic mass is 10.3. The molecule has 0 spiro atoms. The van der Waals surface area contributed by atoms with E-state index in [1.807, 2.05) is 13.8 Å². The molecule has 5 heteroatoms. The molecule has 0 aliphatic carbocycles. The summed E-state index contributed by atoms with van der Waals surface area (Å²) in [5.74, 6) is 0.0473. The van der Waals surface area contributed by atoms with Crippen molar-refractivity contribution < 1.29 is 9.13 Å². The number of nitrogens with zero attached hydrogens (tertiary/aromatic N) is 2. The highest BCUT2D eigenvalue weighted by molar-refractivity contribution is 5.76. The molecule has 0 radical (unpaired) electrons. The largest absolute Gasteiger partial charge is 0.478 e. The van der Waals surface area contributed by atoms with E-state index in [0.29, 0.717) is 11.0 Å². The number of benzene rings is 1. The Morgan fingerprint density at radius 2 is 1.88 bits per heavy atom. The molecule has 2 aromatic rings. The van der Waals surface area contributed by atoms with Crippen molar-refractivity contribution in [2.75, 3.05) is 12.8 Å². The summed E-state index contributed by atoms with van der Waals surface area (Å²) < 4.78 is 17.7. The lowest BCUT2D eigenvalue weighted by Gasteiger charge is -2.03. The molecule has 86 valence electrons. The fraction of sp³-hybridized carbons (Fsp3) is 0.273. The average Bonchev–Trinajstić information content (AvgIpc) is 2.30. The van der Waals surface area contributed by atoms with Gasteiger partial charge in [0.2, 0.25) is 0 Å². The Labute approximate surface area is 93.3 Å². The van der Waals surface area contributed by atoms with Gasteiger partial charge in [0, 0.05) is 6.07 Å². The summed E-state index contributed by atoms with van der Waals surface area (Å²) in [6, 6.07) is 4.12. The Hall–Kier alpha value is -1.91. The van der Waals surface area contributed by atoms with E-state index in [2.05, 4.69) is 9.97 Å². The summed E-state index contributed by atoms with van der Waals surface area (Å²) in [7, 11) is 1.45. The minimum Gasteiger partial charge on any atom is -0.478 e. The van der Waals surface area contributed by atoms with E-state index in [9.17, 15) is 4.39 Å². The van der Waals surface area contributed by atoms with E-state index in [1.54, 1.807) is 0 Å². The highest BCUT2D eigenvalue weighted by Crippen LogP contribution is 2.20. The van der Waals surface area contributed by atoms with Crippen LogP contribution in [-0.2, 0) is 0 Å². The third kappa shape index (κ3) is 2.36. The number of anilines is 1. The van der Waals surface area contributed by atoms with E-state index in [4.69, 9.17) is 10.5 Å². The Bertz CT molecular complexity index is 488. The number of aromatic nitrogens is 2. The van der Waals surface area contributed by atoms with E-state index >= 15 is 0 Å². The van der Waals surface area contributed by atoms with Crippen LogP contribution in [0.4, 0.5) is 10.2 Å². The molecule has 2 rings (SSSR count). The van der Waals surface area contributed by atoms with Crippen molar-refractivity contribution >= 4 is 16.9 Å². The van der Waals surface area contributed by atoms with Gasteiger partial charge in [-0.05, 0) is 12.1 Å². The molecule has 2 N–H and O–H groups in total. The number of methoxy groups -OCH3 is 1. The molecular formula is C11H14FN3O. The maximum atomic E-state index is 12.8. The van der Waals surface area contributed by atoms with E-state index in [-0.39, 0.29) is 17.5 Å². The predicted molar refractivity (Wildman–Crippen MR) is 61.8 cm³/mol. The molecule has 1 aromatic carbocycles. The maximum Gasteiger partial charge on any atom is 0.257 e. The molecular weight excluding hydrogens is 209 g/mol. The van der Waals surface area contributed by atoms with Crippen LogP contribution in [0.5, 0.6) is 5.88 Å². The van der Waals surface area contributed by atoms with Gasteiger partial charge in [-0.15, -0.1) is 0 Å². The predicted octanol–water partition coefficient (Wildman–Crippen LogP) is 2.39. The number of ether oxygens (including phenoxy) is 1. The van der Waals surface area contributed by atoms with Crippen molar-refractivity contribution in [1.82, 2.24) is 9.97 Å². The Balaban J connectivity index is 0.000000606. The number of hydrogen-bond donors (Lipinski definition) is 1. The minimum atomic E-state index is -0.364. The standard InChI is InChI=1S/C9H8FN3O.C2H6/c1-14-9-8(11)12-7-4-5(10)2-3-6(7)13-9;1-2/h2-4H,1H3,(H2,11,12);1-2H3. The second kappa shape index (κ2) is 5.25. The number of nitrogens with two attached hydrogens (primary N) is 1. The zero-order valence-corrected chi connectivity index (χ0v) is 9.49. The van der Waals surface area contributed by atoms with Crippen LogP contribution in [-0.4, -0.2) is 17.1 Å². The summed E-state index contributed by atoms with van der Waals surface area (Å²) >= 11 is 0. The van der Waals surface area contributed by atoms with Crippen molar-refractivity contribution in [3.8, 4) is 5.88 Å². The minimum absolute atomic E-state index is 0.158. The van der Waals surface area contributed by atoms with Gasteiger partial charge in [0.05, 0.1) is 18.1 Å². The van der Waals surface area contributed by atoms with Crippen LogP contribution in [0.2, 0.25) is 0 Å². The first-order valence-corrected chi connectivity index (χ1v) is 4.97. The fourth-order valence-corrected chi connectivity index (χ4v) is 1.18. The van der Waals surface area contributed by atoms with Gasteiger partial charge in [0.25, 0.3) is 5.88 Å². The van der Waals surface area contributed by atoms with Crippen LogP contribution in [0, 0.1) is 5.82 Å². The fourth-order valence-electron chi connectivity index (χ4n) is 1.18. The molecule has 0 saturated heterocycles. The highest BCUT2D eigenvalue weighted by atomic mass is 19.1. The average molecular weight is 223 g/mol. The molecule has 4 nitrogen and oxygen atoms in total. The Morgan fingerprint density at radius 1 is 1.19 bits per heavy atom. The maximum absolute atomic E-state index is 12.8. The number of hydrogen-bond acceptors (Lipinski definition) is 4. The summed E-state index contributed by atoms with van der Waals surface area (Å²) in [5.41, 5.74) is 6.50. The normalized spacial score (nSPS) is 9.50. The van der Waals surface area contributed by atoms with Gasteiger partial charge in [0.1, 0.15) is 5.82 Å². The lowest BCUT2D eigenvalue weighted by molar-refractivity contribution is 0.400. The van der Waals surface area contributed by atoms with Crippen molar-refractivity contribution in [3.63, 3.8) is 0 Å². The molecule has 0 fully saturated rings. The van der Waals surface area contributed by atoms with Gasteiger partial charge in [-0.3, -0.25) is 0 Å². The lowest BCUT2D eigenvalue weighted by Crippen LogP contribution is -1.99. The molecule has 0 atom stereocenters. The third-order valence-corrected chi connectivity index (χ3v) is 1.81. The van der Waals surface area contributed by atoms with Crippen LogP contribution >= 0.6 is 0 Å². The zero-order chi connectivity index (χ0) is 12.1. The van der Waals surface area contributed by atoms with Gasteiger partial charge < -0.3 is 10.5 Å². The highest BCUT2D eigenvalue weighted by Gasteiger charge is 2.05. The molecule has 0 aliphatic heterocycles. The molecule has 16 heavy (non-hydrogen) atoms. The van der Waals surface area contributed by atoms with Crippen LogP contribution in [0.25, 0.3) is 11.0 Å². The van der Waals surface area contributed by atoms with Crippen molar-refractivity contribution in [2.45, 2.75) is 13.8 Å². The Kier molecular flexibility index (Phi) is 3.99. The number of nitrogen functional groups attached to an aromatic ring is 1. The molecule has 0 amide bonds. The topological polar surface area (TPSA) is 61.0 Å². The van der Waals surface area contributed by atoms with Gasteiger partial charge in [-0.2, -0.15) is 0 Å². The van der Waals surface area contributed by atoms with Crippen LogP contribution < -0.4 is 10.5 Å². The van der Waals surface area contributed by atoms with Crippen LogP contribution in [0.3, 0.4) is 0 Å². The van der Waals surface area contributed by atoms with Crippen molar-refractivity contribution in [2.24, 2.45) is 0 Å². The van der Waals surface area contributed by atoms with Gasteiger partial charge in [-0.25, -0.2) is 14.4 Å². The second-order valence-electron chi connectivity index (χ2n) is 2.75. The SMILES string of the molecule is CC.COc1nc2ccc(F)cc2nc1N. The number of rotatable bonds is 1. The van der Waals surface area contributed by atoms with E-state index in [0.717, 1.165) is 0 Å². The first kappa shape index (κ1) is 12.2. The van der Waals surface area contributed by atoms with Crippen LogP contribution in [0.1, 0.15) is 13.8 Å². The molecule has 0 saturated carbocycles. The quantitative estimate of drug-likeness (QED) is 0.806. The van der Waals surface area contributed by atoms with Gasteiger partial charge in [-0.1, -0.05) is 13.8 Å². The van der Waals surface area contributed by atoms with Crippen molar-refractivity contribution in [3.05, 3.63) is 24.0 Å². The molecule has 1 aromatic heterocycles. The monoisotopic (exact) mass is 223 g/mol. The summed E-state index contributed by atoms with van der Waals surface area (Å²) in [6.45, 7) is 4.00. The van der Waals surface area contributed by atoms with Gasteiger partial charge >= 0.3 is 0 Å². The summed E-state index contributed by atoms with van der Waals surface area (Å²) in [6.07, 6.45) is 0. The van der Waals surface area contributed by atoms with Crippen LogP contribution in [0.15, 0.2) is 18.2 Å². The number of halogens is 1. The second-order valence-corrected chi connectivity index (χ2v) is 2.75. The first-order valence-electron chi connectivity index (χ1n) is 4.97. The Morgan fingerprint density at radius 3 is 2.50 bits per heavy atom. The molecule has 1 heterocycles. The van der Waals surface area contributed by atoms with E-state index in [1.165, 1.54) is 25.3 Å². The van der Waals surface area contributed by atoms with E-state index < -0.39 is 0 Å². The first-order chi connectivity index (χ1) is 7.70. The van der Waals surface area contributed by atoms with Crippen molar-refractivity contribution in [1.29, 1.82) is 0 Å².